The van der Waals surface area contributed by atoms with E-state index < -0.39 is 24.4 Å². The van der Waals surface area contributed by atoms with Crippen LogP contribution in [0.1, 0.15) is 94.6 Å². The van der Waals surface area contributed by atoms with Crippen LogP contribution in [-0.2, 0) is 67.8 Å². The van der Waals surface area contributed by atoms with Gasteiger partial charge >= 0.3 is 0 Å². The highest BCUT2D eigenvalue weighted by Gasteiger charge is 2.60. The van der Waals surface area contributed by atoms with Crippen LogP contribution in [0.25, 0.3) is 10.8 Å². The van der Waals surface area contributed by atoms with Gasteiger partial charge in [-0.3, -0.25) is 51.1 Å². The highest BCUT2D eigenvalue weighted by atomic mass is 35.5. The van der Waals surface area contributed by atoms with Gasteiger partial charge in [0.1, 0.15) is 25.2 Å². The zero-order valence-electron chi connectivity index (χ0n) is 67.3. The Kier molecular flexibility index (Phi) is 24.8. The number of hydrazone groups is 5. The van der Waals surface area contributed by atoms with Gasteiger partial charge in [0.15, 0.2) is 0 Å². The van der Waals surface area contributed by atoms with Gasteiger partial charge in [-0.1, -0.05) is 389 Å². The van der Waals surface area contributed by atoms with Crippen LogP contribution < -0.4 is 51.6 Å². The summed E-state index contributed by atoms with van der Waals surface area (Å²) in [5.74, 6) is 0.0753. The molecule has 0 saturated carbocycles. The Bertz CT molecular complexity index is 6580. The predicted octanol–water partition coefficient (Wildman–Crippen LogP) is 19.9. The number of anilines is 5. The molecule has 0 radical (unpaired) electrons. The van der Waals surface area contributed by atoms with Crippen LogP contribution in [0, 0.1) is 6.92 Å². The summed E-state index contributed by atoms with van der Waals surface area (Å²) in [4.78, 5) is 70.3. The largest absolute Gasteiger partial charge is 0.312 e. The third kappa shape index (κ3) is 15.6. The minimum absolute atomic E-state index is 0. The Morgan fingerprint density at radius 2 is 0.638 bits per heavy atom. The summed E-state index contributed by atoms with van der Waals surface area (Å²) in [6.07, 6.45) is 0.736. The Hall–Kier alpha value is -13.1. The summed E-state index contributed by atoms with van der Waals surface area (Å²) in [6.45, 7) is 3.04. The van der Waals surface area contributed by atoms with E-state index in [0.717, 1.165) is 127 Å². The van der Waals surface area contributed by atoms with Crippen LogP contribution in [0.5, 0.6) is 0 Å². The van der Waals surface area contributed by atoms with Crippen molar-refractivity contribution in [2.75, 3.05) is 45.6 Å². The first-order valence-corrected chi connectivity index (χ1v) is 44.6. The SMILES string of the molecule is C.C.C.CN1C(=O)C2(NN=C(Cc3ccccc3)S2)c2ccccc21.CN1C(=O)C2(NN=C(c3ccccc3)S2)c2ccccc21.Cc1ccc2c(c1)C1(NN=C(c3ccccc3)S1)C(=O)N2C.O=C1N(Cc2ccc(Cl)cc2)c2ccccc2C12NN=C(c1ccccc1)S2.O=C1N(Cc2cccc3ccccc23)c2ccccc2C12NN=C(c1ccccc1)S2. The van der Waals surface area contributed by atoms with E-state index in [2.05, 4.69) is 101 Å². The second-order valence-corrected chi connectivity index (χ2v) is 37.0. The molecule has 20 nitrogen and oxygen atoms in total. The average Bonchev–Trinajstić information content (AvgIpc) is 1.60. The number of aryl methyl sites for hydroxylation is 1. The number of thioether (sulfide) groups is 5. The first-order chi connectivity index (χ1) is 60.5. The van der Waals surface area contributed by atoms with Crippen molar-refractivity contribution in [2.24, 2.45) is 25.5 Å². The van der Waals surface area contributed by atoms with E-state index in [4.69, 9.17) is 11.6 Å². The zero-order chi connectivity index (χ0) is 84.9. The van der Waals surface area contributed by atoms with Crippen molar-refractivity contribution in [2.45, 2.75) is 73.1 Å². The van der Waals surface area contributed by atoms with Crippen LogP contribution in [0.15, 0.2) is 359 Å². The first kappa shape index (κ1) is 87.3. The summed E-state index contributed by atoms with van der Waals surface area (Å²) in [6, 6.07) is 110. The van der Waals surface area contributed by atoms with Crippen molar-refractivity contribution in [3.05, 3.63) is 411 Å². The number of rotatable bonds is 10. The normalized spacial score (nSPS) is 20.9. The maximum atomic E-state index is 13.9. The number of nitrogens with zero attached hydrogens (tertiary/aromatic N) is 10. The van der Waals surface area contributed by atoms with E-state index in [1.165, 1.54) is 75.1 Å². The van der Waals surface area contributed by atoms with Gasteiger partial charge in [0.2, 0.25) is 24.4 Å². The van der Waals surface area contributed by atoms with Crippen LogP contribution >= 0.6 is 70.4 Å². The van der Waals surface area contributed by atoms with Gasteiger partial charge in [-0.05, 0) is 76.9 Å². The quantitative estimate of drug-likeness (QED) is 0.0859. The van der Waals surface area contributed by atoms with E-state index >= 15 is 0 Å². The molecular weight excluding hydrogens is 1700 g/mol. The molecule has 26 heteroatoms. The highest BCUT2D eigenvalue weighted by molar-refractivity contribution is 8.17. The van der Waals surface area contributed by atoms with Gasteiger partial charge in [-0.15, -0.1) is 0 Å². The number of benzene rings is 13. The minimum Gasteiger partial charge on any atom is -0.312 e. The van der Waals surface area contributed by atoms with Crippen molar-refractivity contribution in [3.8, 4) is 0 Å². The molecule has 13 aromatic rings. The third-order valence-corrected chi connectivity index (χ3v) is 29.6. The number of halogens is 1. The molecule has 10 aliphatic rings. The lowest BCUT2D eigenvalue weighted by molar-refractivity contribution is -0.121. The van der Waals surface area contributed by atoms with Crippen molar-refractivity contribution in [1.82, 2.24) is 27.1 Å². The number of hydrogen-bond donors (Lipinski definition) is 5. The third-order valence-electron chi connectivity index (χ3n) is 22.9. The standard InChI is InChI=1S/C26H19N3OS.C22H16ClN3OS.2C17H15N3OS.C16H13N3OS.3CH4/c30-25-26(28-27-24(31-26)19-10-2-1-3-11-19)22-15-6-7-16-23(22)29(25)17-20-13-8-12-18-9-4-5-14-21(18)20;23-17-12-10-15(11-13-17)14-26-19-9-5-4-8-18(19)22(21(26)27)25-24-20(28-22)16-6-2-1-3-7-16;1-11-8-9-14-13(10-11)17(16(21)20(14)2)19-18-15(22-17)12-6-4-3-5-7-12;1-20-14-10-6-5-9-13(14)17(16(20)21)19-18-15(22-17)11-12-7-3-2-4-8-12;1-19-13-10-6-5-9-12(13)16(15(19)20)18-17-14(21-16)11-7-3-2-4-8-11;;;/h1-16,28H,17H2;1-13,25H,14H2;3-10,19H,1-2H3;2-10,19H,11H2,1H3;2-10,18H,1H3;3*1H4. The maximum Gasteiger partial charge on any atom is 0.270 e. The minimum atomic E-state index is -0.924. The Balaban J connectivity index is 0.000000117. The molecule has 5 spiro atoms. The van der Waals surface area contributed by atoms with E-state index in [1.54, 1.807) is 21.7 Å². The molecule has 10 aliphatic heterocycles. The van der Waals surface area contributed by atoms with Gasteiger partial charge < -0.3 is 24.5 Å². The number of carbonyl (C=O) groups is 5. The summed E-state index contributed by atoms with van der Waals surface area (Å²) in [7, 11) is 5.43. The van der Waals surface area contributed by atoms with E-state index in [0.29, 0.717) is 18.1 Å². The topological polar surface area (TPSA) is 224 Å². The number of fused-ring (bicyclic) bond motifs is 11. The number of likely N-dealkylation sites (N-methyl/N-ethyl adjacent to an activating group) is 3. The molecule has 636 valence electrons. The van der Waals surface area contributed by atoms with Crippen molar-refractivity contribution in [1.29, 1.82) is 0 Å². The molecule has 5 N–H and O–H groups in total. The van der Waals surface area contributed by atoms with Gasteiger partial charge in [0.05, 0.1) is 41.5 Å². The Labute approximate surface area is 764 Å². The maximum absolute atomic E-state index is 13.9. The van der Waals surface area contributed by atoms with E-state index in [9.17, 15) is 24.0 Å². The van der Waals surface area contributed by atoms with Gasteiger partial charge in [-0.25, -0.2) is 0 Å². The van der Waals surface area contributed by atoms with Crippen molar-refractivity contribution in [3.63, 3.8) is 0 Å². The molecule has 0 fully saturated rings. The average molecular weight is 1790 g/mol. The fourth-order valence-corrected chi connectivity index (χ4v) is 22.9. The fourth-order valence-electron chi connectivity index (χ4n) is 16.6. The lowest BCUT2D eigenvalue weighted by Crippen LogP contribution is -2.44. The van der Waals surface area contributed by atoms with Crippen molar-refractivity contribution >= 4 is 164 Å². The zero-order valence-corrected chi connectivity index (χ0v) is 72.1. The first-order valence-electron chi connectivity index (χ1n) is 40.1. The molecule has 5 atom stereocenters. The van der Waals surface area contributed by atoms with Crippen LogP contribution in [0.4, 0.5) is 28.4 Å². The van der Waals surface area contributed by atoms with Crippen molar-refractivity contribution < 1.29 is 24.0 Å². The summed E-state index contributed by atoms with van der Waals surface area (Å²) >= 11 is 13.4. The van der Waals surface area contributed by atoms with Gasteiger partial charge in [-0.2, -0.15) is 25.5 Å². The molecule has 5 unspecified atom stereocenters. The highest BCUT2D eigenvalue weighted by Crippen LogP contribution is 2.56. The predicted molar refractivity (Wildman–Crippen MR) is 527 cm³/mol. The second-order valence-electron chi connectivity index (χ2n) is 30.5. The molecule has 0 aromatic heterocycles. The number of para-hydroxylation sites is 4. The molecule has 0 bridgehead atoms. The molecule has 23 rings (SSSR count). The van der Waals surface area contributed by atoms with Crippen LogP contribution in [-0.4, -0.2) is 75.9 Å². The summed E-state index contributed by atoms with van der Waals surface area (Å²) < 4.78 is 0. The second kappa shape index (κ2) is 36.1. The summed E-state index contributed by atoms with van der Waals surface area (Å²) in [5, 5.41) is 29.6. The summed E-state index contributed by atoms with van der Waals surface area (Å²) in [5.41, 5.74) is 33.7. The monoisotopic (exact) mass is 1790 g/mol. The molecular formula is C101H90ClN15O5S5. The lowest BCUT2D eigenvalue weighted by Gasteiger charge is -2.23. The molecule has 0 aliphatic carbocycles. The molecule has 13 aromatic carbocycles. The lowest BCUT2D eigenvalue weighted by atomic mass is 10.0. The molecule has 127 heavy (non-hydrogen) atoms. The van der Waals surface area contributed by atoms with Gasteiger partial charge in [0.25, 0.3) is 29.5 Å². The fraction of sp³-hybridized carbons (Fsp3) is 0.149. The van der Waals surface area contributed by atoms with E-state index in [1.807, 2.05) is 316 Å². The molecule has 5 amide bonds. The molecule has 10 heterocycles. The molecule has 0 saturated heterocycles. The number of hydrogen-bond acceptors (Lipinski definition) is 20. The van der Waals surface area contributed by atoms with Gasteiger partial charge in [0, 0.05) is 82.7 Å². The van der Waals surface area contributed by atoms with Crippen LogP contribution in [0.2, 0.25) is 5.02 Å². The van der Waals surface area contributed by atoms with E-state index in [-0.39, 0.29) is 51.8 Å². The van der Waals surface area contributed by atoms with Crippen LogP contribution in [0.3, 0.4) is 0 Å². The Morgan fingerprint density at radius 1 is 0.307 bits per heavy atom. The number of carbonyl (C=O) groups excluding carboxylic acids is 5. The number of nitrogens with one attached hydrogen (secondary N) is 5. The smallest absolute Gasteiger partial charge is 0.270 e. The number of amides is 5. The Morgan fingerprint density at radius 3 is 1.08 bits per heavy atom.